The Bertz CT molecular complexity index is 984. The number of carbonyl (C=O) groups excluding carboxylic acids is 3. The predicted molar refractivity (Wildman–Crippen MR) is 110 cm³/mol. The number of urea groups is 1. The molecule has 0 radical (unpaired) electrons. The molecule has 0 atom stereocenters. The number of nitrogens with one attached hydrogen (secondary N) is 1. The van der Waals surface area contributed by atoms with Gasteiger partial charge in [-0.25, -0.2) is 9.69 Å². The van der Waals surface area contributed by atoms with Crippen molar-refractivity contribution < 1.29 is 19.1 Å². The highest BCUT2D eigenvalue weighted by molar-refractivity contribution is 9.10. The van der Waals surface area contributed by atoms with Crippen molar-refractivity contribution in [2.45, 2.75) is 20.3 Å². The Hall–Kier alpha value is -2.93. The minimum atomic E-state index is -0.766. The fourth-order valence-electron chi connectivity index (χ4n) is 2.82. The van der Waals surface area contributed by atoms with E-state index in [1.807, 2.05) is 19.1 Å². The molecule has 144 valence electrons. The van der Waals surface area contributed by atoms with E-state index in [0.717, 1.165) is 21.4 Å². The zero-order valence-electron chi connectivity index (χ0n) is 15.5. The Morgan fingerprint density at radius 1 is 1.14 bits per heavy atom. The van der Waals surface area contributed by atoms with Crippen LogP contribution in [0.5, 0.6) is 5.75 Å². The van der Waals surface area contributed by atoms with Crippen LogP contribution >= 0.6 is 15.9 Å². The van der Waals surface area contributed by atoms with Gasteiger partial charge in [0.15, 0.2) is 0 Å². The molecular formula is C21H19BrN2O4. The third-order valence-corrected chi connectivity index (χ3v) is 4.68. The quantitative estimate of drug-likeness (QED) is 0.555. The van der Waals surface area contributed by atoms with Crippen LogP contribution in [-0.4, -0.2) is 24.5 Å². The molecule has 1 fully saturated rings. The van der Waals surface area contributed by atoms with Gasteiger partial charge in [0.05, 0.1) is 12.3 Å². The number of aryl methyl sites for hydroxylation is 1. The fraction of sp³-hybridized carbons (Fsp3) is 0.190. The van der Waals surface area contributed by atoms with Crippen LogP contribution in [0.25, 0.3) is 6.08 Å². The summed E-state index contributed by atoms with van der Waals surface area (Å²) in [5.74, 6) is -0.858. The third kappa shape index (κ3) is 3.99. The van der Waals surface area contributed by atoms with Gasteiger partial charge in [-0.1, -0.05) is 41.1 Å². The fourth-order valence-corrected chi connectivity index (χ4v) is 3.20. The number of rotatable bonds is 5. The summed E-state index contributed by atoms with van der Waals surface area (Å²) in [6, 6.07) is 11.6. The topological polar surface area (TPSA) is 75.7 Å². The average molecular weight is 443 g/mol. The lowest BCUT2D eigenvalue weighted by Crippen LogP contribution is -2.54. The van der Waals surface area contributed by atoms with Crippen LogP contribution < -0.4 is 15.0 Å². The van der Waals surface area contributed by atoms with Gasteiger partial charge in [0.1, 0.15) is 11.3 Å². The molecule has 1 N–H and O–H groups in total. The lowest BCUT2D eigenvalue weighted by Gasteiger charge is -2.27. The first-order valence-corrected chi connectivity index (χ1v) is 9.61. The SMILES string of the molecule is CCCOc1ccc(Br)cc1/C=C1\C(=O)NC(=O)N(c2ccccc2C)C1=O. The number of amides is 4. The summed E-state index contributed by atoms with van der Waals surface area (Å²) in [4.78, 5) is 38.7. The van der Waals surface area contributed by atoms with Crippen molar-refractivity contribution in [3.05, 3.63) is 63.6 Å². The molecule has 0 aromatic heterocycles. The monoisotopic (exact) mass is 442 g/mol. The maximum absolute atomic E-state index is 13.0. The first-order valence-electron chi connectivity index (χ1n) is 8.81. The van der Waals surface area contributed by atoms with Crippen LogP contribution in [0.3, 0.4) is 0 Å². The Kier molecular flexibility index (Phi) is 5.94. The Balaban J connectivity index is 2.05. The van der Waals surface area contributed by atoms with Crippen LogP contribution in [0.15, 0.2) is 52.5 Å². The lowest BCUT2D eigenvalue weighted by molar-refractivity contribution is -0.122. The second kappa shape index (κ2) is 8.39. The average Bonchev–Trinajstić information content (AvgIpc) is 2.66. The summed E-state index contributed by atoms with van der Waals surface area (Å²) in [5, 5.41) is 2.24. The summed E-state index contributed by atoms with van der Waals surface area (Å²) >= 11 is 3.39. The number of hydrogen-bond donors (Lipinski definition) is 1. The summed E-state index contributed by atoms with van der Waals surface area (Å²) in [6.45, 7) is 4.28. The van der Waals surface area contributed by atoms with Crippen molar-refractivity contribution in [2.75, 3.05) is 11.5 Å². The third-order valence-electron chi connectivity index (χ3n) is 4.19. The summed E-state index contributed by atoms with van der Waals surface area (Å²) in [6.07, 6.45) is 2.27. The van der Waals surface area contributed by atoms with Gasteiger partial charge < -0.3 is 4.74 Å². The van der Waals surface area contributed by atoms with Crippen LogP contribution in [0.1, 0.15) is 24.5 Å². The van der Waals surface area contributed by atoms with E-state index >= 15 is 0 Å². The molecule has 0 aliphatic carbocycles. The van der Waals surface area contributed by atoms with Crippen LogP contribution in [0.2, 0.25) is 0 Å². The van der Waals surface area contributed by atoms with Gasteiger partial charge in [-0.15, -0.1) is 0 Å². The number of ether oxygens (including phenoxy) is 1. The number of para-hydroxylation sites is 1. The highest BCUT2D eigenvalue weighted by Crippen LogP contribution is 2.29. The number of nitrogens with zero attached hydrogens (tertiary/aromatic N) is 1. The molecule has 0 saturated carbocycles. The predicted octanol–water partition coefficient (Wildman–Crippen LogP) is 4.21. The minimum Gasteiger partial charge on any atom is -0.493 e. The first kappa shape index (κ1) is 19.8. The second-order valence-electron chi connectivity index (χ2n) is 6.27. The van der Waals surface area contributed by atoms with Crippen molar-refractivity contribution >= 4 is 45.5 Å². The number of barbiturate groups is 1. The maximum Gasteiger partial charge on any atom is 0.335 e. The molecule has 0 bridgehead atoms. The smallest absolute Gasteiger partial charge is 0.335 e. The van der Waals surface area contributed by atoms with E-state index in [-0.39, 0.29) is 5.57 Å². The standard InChI is InChI=1S/C21H19BrN2O4/c1-3-10-28-18-9-8-15(22)11-14(18)12-16-19(25)23-21(27)24(20(16)26)17-7-5-4-6-13(17)2/h4-9,11-12H,3,10H2,1-2H3,(H,23,25,27)/b16-12+. The van der Waals surface area contributed by atoms with Gasteiger partial charge >= 0.3 is 6.03 Å². The molecule has 7 heteroatoms. The van der Waals surface area contributed by atoms with Crippen molar-refractivity contribution in [1.29, 1.82) is 0 Å². The molecule has 0 unspecified atom stereocenters. The highest BCUT2D eigenvalue weighted by Gasteiger charge is 2.37. The summed E-state index contributed by atoms with van der Waals surface area (Å²) in [5.41, 5.74) is 1.61. The molecule has 1 aliphatic rings. The molecule has 3 rings (SSSR count). The molecule has 0 spiro atoms. The maximum atomic E-state index is 13.0. The number of imide groups is 2. The number of hydrogen-bond acceptors (Lipinski definition) is 4. The molecule has 2 aromatic carbocycles. The van der Waals surface area contributed by atoms with Gasteiger partial charge in [-0.3, -0.25) is 14.9 Å². The van der Waals surface area contributed by atoms with Crippen LogP contribution in [0.4, 0.5) is 10.5 Å². The summed E-state index contributed by atoms with van der Waals surface area (Å²) in [7, 11) is 0. The number of carbonyl (C=O) groups is 3. The van der Waals surface area contributed by atoms with Gasteiger partial charge in [0, 0.05) is 10.0 Å². The molecule has 6 nitrogen and oxygen atoms in total. The second-order valence-corrected chi connectivity index (χ2v) is 7.19. The zero-order chi connectivity index (χ0) is 20.3. The minimum absolute atomic E-state index is 0.137. The van der Waals surface area contributed by atoms with E-state index in [2.05, 4.69) is 21.2 Å². The van der Waals surface area contributed by atoms with E-state index in [4.69, 9.17) is 4.74 Å². The molecule has 28 heavy (non-hydrogen) atoms. The van der Waals surface area contributed by atoms with Crippen molar-refractivity contribution in [2.24, 2.45) is 0 Å². The normalized spacial score (nSPS) is 15.8. The zero-order valence-corrected chi connectivity index (χ0v) is 17.1. The number of benzene rings is 2. The van der Waals surface area contributed by atoms with Crippen molar-refractivity contribution in [3.8, 4) is 5.75 Å². The number of anilines is 1. The molecule has 2 aromatic rings. The van der Waals surface area contributed by atoms with E-state index in [1.165, 1.54) is 6.08 Å². The molecule has 1 aliphatic heterocycles. The van der Waals surface area contributed by atoms with E-state index < -0.39 is 17.8 Å². The first-order chi connectivity index (χ1) is 13.4. The number of halogens is 1. The Morgan fingerprint density at radius 2 is 1.89 bits per heavy atom. The van der Waals surface area contributed by atoms with Crippen LogP contribution in [0, 0.1) is 6.92 Å². The molecule has 1 saturated heterocycles. The van der Waals surface area contributed by atoms with Gasteiger partial charge in [-0.05, 0) is 49.2 Å². The summed E-state index contributed by atoms with van der Waals surface area (Å²) < 4.78 is 6.49. The van der Waals surface area contributed by atoms with Gasteiger partial charge in [0.25, 0.3) is 11.8 Å². The van der Waals surface area contributed by atoms with Crippen molar-refractivity contribution in [1.82, 2.24) is 5.32 Å². The largest absolute Gasteiger partial charge is 0.493 e. The van der Waals surface area contributed by atoms with E-state index in [9.17, 15) is 14.4 Å². The molecular weight excluding hydrogens is 424 g/mol. The Morgan fingerprint density at radius 3 is 2.61 bits per heavy atom. The van der Waals surface area contributed by atoms with Gasteiger partial charge in [0.2, 0.25) is 0 Å². The van der Waals surface area contributed by atoms with E-state index in [1.54, 1.807) is 37.3 Å². The van der Waals surface area contributed by atoms with Crippen LogP contribution in [-0.2, 0) is 9.59 Å². The van der Waals surface area contributed by atoms with Gasteiger partial charge in [-0.2, -0.15) is 0 Å². The van der Waals surface area contributed by atoms with Crippen molar-refractivity contribution in [3.63, 3.8) is 0 Å². The molecule has 1 heterocycles. The lowest BCUT2D eigenvalue weighted by atomic mass is 10.1. The Labute approximate surface area is 171 Å². The highest BCUT2D eigenvalue weighted by atomic mass is 79.9. The molecule has 4 amide bonds. The van der Waals surface area contributed by atoms with E-state index in [0.29, 0.717) is 23.6 Å².